The topological polar surface area (TPSA) is 41.5 Å². The Balaban J connectivity index is 2.24. The van der Waals surface area contributed by atoms with Gasteiger partial charge in [-0.2, -0.15) is 0 Å². The molecule has 1 N–H and O–H groups in total. The largest absolute Gasteiger partial charge is 0.303 e. The quantitative estimate of drug-likeness (QED) is 0.613. The standard InChI is InChI=1S/C8H12N2OS/c1-12-7-9-6(11)8(10-7)4-2-3-5-8/h2-5H2,1H3,(H,9,10,11). The van der Waals surface area contributed by atoms with Gasteiger partial charge in [-0.1, -0.05) is 24.6 Å². The Labute approximate surface area is 76.0 Å². The molecule has 3 nitrogen and oxygen atoms in total. The van der Waals surface area contributed by atoms with Gasteiger partial charge in [-0.25, -0.2) is 4.99 Å². The summed E-state index contributed by atoms with van der Waals surface area (Å²) in [6, 6.07) is 0. The second-order valence-electron chi connectivity index (χ2n) is 3.31. The zero-order valence-electron chi connectivity index (χ0n) is 7.09. The number of amides is 1. The first-order valence-electron chi connectivity index (χ1n) is 4.22. The third kappa shape index (κ3) is 1.05. The lowest BCUT2D eigenvalue weighted by Gasteiger charge is -2.14. The molecule has 1 saturated carbocycles. The van der Waals surface area contributed by atoms with Gasteiger partial charge in [0, 0.05) is 0 Å². The van der Waals surface area contributed by atoms with Crippen LogP contribution in [0.5, 0.6) is 0 Å². The average molecular weight is 184 g/mol. The third-order valence-electron chi connectivity index (χ3n) is 2.58. The molecular weight excluding hydrogens is 172 g/mol. The van der Waals surface area contributed by atoms with Crippen molar-refractivity contribution >= 4 is 22.8 Å². The minimum atomic E-state index is -0.363. The van der Waals surface area contributed by atoms with Gasteiger partial charge in [0.2, 0.25) is 0 Å². The summed E-state index contributed by atoms with van der Waals surface area (Å²) < 4.78 is 0. The first-order chi connectivity index (χ1) is 5.77. The van der Waals surface area contributed by atoms with E-state index in [1.54, 1.807) is 0 Å². The van der Waals surface area contributed by atoms with Crippen LogP contribution in [0.1, 0.15) is 25.7 Å². The molecule has 4 heteroatoms. The molecule has 1 heterocycles. The summed E-state index contributed by atoms with van der Waals surface area (Å²) in [6.45, 7) is 0. The molecule has 0 unspecified atom stereocenters. The van der Waals surface area contributed by atoms with E-state index < -0.39 is 0 Å². The number of nitrogens with one attached hydrogen (secondary N) is 1. The maximum atomic E-state index is 11.5. The van der Waals surface area contributed by atoms with Gasteiger partial charge < -0.3 is 5.32 Å². The van der Waals surface area contributed by atoms with Crippen molar-refractivity contribution in [2.45, 2.75) is 31.2 Å². The molecule has 1 fully saturated rings. The molecule has 66 valence electrons. The highest BCUT2D eigenvalue weighted by atomic mass is 32.2. The van der Waals surface area contributed by atoms with Crippen LogP contribution >= 0.6 is 11.8 Å². The molecule has 1 aliphatic carbocycles. The molecule has 0 aromatic carbocycles. The van der Waals surface area contributed by atoms with E-state index >= 15 is 0 Å². The first-order valence-corrected chi connectivity index (χ1v) is 5.45. The number of thioether (sulfide) groups is 1. The lowest BCUT2D eigenvalue weighted by molar-refractivity contribution is -0.123. The summed E-state index contributed by atoms with van der Waals surface area (Å²) in [6.07, 6.45) is 6.08. The maximum absolute atomic E-state index is 11.5. The van der Waals surface area contributed by atoms with Crippen molar-refractivity contribution in [1.29, 1.82) is 0 Å². The molecule has 0 aromatic heterocycles. The summed E-state index contributed by atoms with van der Waals surface area (Å²) in [5.74, 6) is 0.115. The zero-order chi connectivity index (χ0) is 8.60. The normalized spacial score (nSPS) is 26.1. The Hall–Kier alpha value is -0.510. The van der Waals surface area contributed by atoms with Crippen molar-refractivity contribution in [3.8, 4) is 0 Å². The van der Waals surface area contributed by atoms with E-state index in [9.17, 15) is 4.79 Å². The molecule has 2 aliphatic rings. The van der Waals surface area contributed by atoms with Gasteiger partial charge in [-0.15, -0.1) is 0 Å². The Kier molecular flexibility index (Phi) is 1.87. The van der Waals surface area contributed by atoms with E-state index in [0.29, 0.717) is 0 Å². The van der Waals surface area contributed by atoms with Crippen molar-refractivity contribution in [3.05, 3.63) is 0 Å². The van der Waals surface area contributed by atoms with Crippen LogP contribution in [0.15, 0.2) is 4.99 Å². The van der Waals surface area contributed by atoms with Gasteiger partial charge in [-0.05, 0) is 19.1 Å². The molecule has 1 spiro atoms. The fourth-order valence-corrected chi connectivity index (χ4v) is 2.34. The Morgan fingerprint density at radius 1 is 1.50 bits per heavy atom. The van der Waals surface area contributed by atoms with Crippen LogP contribution in [0, 0.1) is 0 Å². The fraction of sp³-hybridized carbons (Fsp3) is 0.750. The van der Waals surface area contributed by atoms with Crippen molar-refractivity contribution in [3.63, 3.8) is 0 Å². The van der Waals surface area contributed by atoms with Crippen LogP contribution < -0.4 is 5.32 Å². The molecule has 0 saturated heterocycles. The minimum absolute atomic E-state index is 0.115. The summed E-state index contributed by atoms with van der Waals surface area (Å²) in [7, 11) is 0. The van der Waals surface area contributed by atoms with Crippen LogP contribution in [0.2, 0.25) is 0 Å². The smallest absolute Gasteiger partial charge is 0.253 e. The molecule has 0 aromatic rings. The highest BCUT2D eigenvalue weighted by Crippen LogP contribution is 2.36. The van der Waals surface area contributed by atoms with E-state index in [0.717, 1.165) is 30.9 Å². The Morgan fingerprint density at radius 3 is 2.67 bits per heavy atom. The summed E-state index contributed by atoms with van der Waals surface area (Å²) in [4.78, 5) is 16.0. The van der Waals surface area contributed by atoms with Crippen molar-refractivity contribution < 1.29 is 4.79 Å². The SMILES string of the molecule is CSC1=NC2(CCCC2)C(=O)N1. The number of rotatable bonds is 0. The number of hydrogen-bond acceptors (Lipinski definition) is 3. The molecular formula is C8H12N2OS. The molecule has 0 radical (unpaired) electrons. The Morgan fingerprint density at radius 2 is 2.17 bits per heavy atom. The van der Waals surface area contributed by atoms with Crippen LogP contribution in [-0.4, -0.2) is 22.9 Å². The van der Waals surface area contributed by atoms with Crippen LogP contribution in [0.25, 0.3) is 0 Å². The number of carbonyl (C=O) groups is 1. The molecule has 1 amide bonds. The van der Waals surface area contributed by atoms with Gasteiger partial charge >= 0.3 is 0 Å². The minimum Gasteiger partial charge on any atom is -0.303 e. The molecule has 0 bridgehead atoms. The molecule has 1 aliphatic heterocycles. The average Bonchev–Trinajstić information content (AvgIpc) is 2.63. The van der Waals surface area contributed by atoms with E-state index in [-0.39, 0.29) is 11.4 Å². The second-order valence-corrected chi connectivity index (χ2v) is 4.11. The fourth-order valence-electron chi connectivity index (χ4n) is 1.88. The van der Waals surface area contributed by atoms with Gasteiger partial charge in [-0.3, -0.25) is 4.79 Å². The lowest BCUT2D eigenvalue weighted by atomic mass is 9.99. The monoisotopic (exact) mass is 184 g/mol. The van der Waals surface area contributed by atoms with Crippen molar-refractivity contribution in [1.82, 2.24) is 5.32 Å². The van der Waals surface area contributed by atoms with Crippen molar-refractivity contribution in [2.24, 2.45) is 4.99 Å². The number of nitrogens with zero attached hydrogens (tertiary/aromatic N) is 1. The van der Waals surface area contributed by atoms with Crippen LogP contribution in [0.4, 0.5) is 0 Å². The summed E-state index contributed by atoms with van der Waals surface area (Å²) >= 11 is 1.52. The van der Waals surface area contributed by atoms with Crippen LogP contribution in [0.3, 0.4) is 0 Å². The van der Waals surface area contributed by atoms with E-state index in [1.807, 2.05) is 6.26 Å². The lowest BCUT2D eigenvalue weighted by Crippen LogP contribution is -2.36. The molecule has 12 heavy (non-hydrogen) atoms. The van der Waals surface area contributed by atoms with Gasteiger partial charge in [0.25, 0.3) is 5.91 Å². The maximum Gasteiger partial charge on any atom is 0.253 e. The number of aliphatic imine (C=N–C) groups is 1. The highest BCUT2D eigenvalue weighted by molar-refractivity contribution is 8.13. The van der Waals surface area contributed by atoms with E-state index in [4.69, 9.17) is 0 Å². The van der Waals surface area contributed by atoms with Gasteiger partial charge in [0.1, 0.15) is 5.54 Å². The van der Waals surface area contributed by atoms with E-state index in [2.05, 4.69) is 10.3 Å². The van der Waals surface area contributed by atoms with Crippen molar-refractivity contribution in [2.75, 3.05) is 6.26 Å². The zero-order valence-corrected chi connectivity index (χ0v) is 7.91. The molecule has 2 rings (SSSR count). The number of amidine groups is 1. The Bertz CT molecular complexity index is 243. The predicted octanol–water partition coefficient (Wildman–Crippen LogP) is 1.15. The third-order valence-corrected chi connectivity index (χ3v) is 3.16. The van der Waals surface area contributed by atoms with E-state index in [1.165, 1.54) is 11.8 Å². The van der Waals surface area contributed by atoms with Gasteiger partial charge in [0.15, 0.2) is 5.17 Å². The summed E-state index contributed by atoms with van der Waals surface area (Å²) in [5.41, 5.74) is -0.363. The second kappa shape index (κ2) is 2.76. The summed E-state index contributed by atoms with van der Waals surface area (Å²) in [5, 5.41) is 3.60. The number of carbonyl (C=O) groups excluding carboxylic acids is 1. The predicted molar refractivity (Wildman–Crippen MR) is 50.3 cm³/mol. The highest BCUT2D eigenvalue weighted by Gasteiger charge is 2.45. The first kappa shape index (κ1) is 8.10. The number of hydrogen-bond donors (Lipinski definition) is 1. The van der Waals surface area contributed by atoms with Crippen LogP contribution in [-0.2, 0) is 4.79 Å². The van der Waals surface area contributed by atoms with Gasteiger partial charge in [0.05, 0.1) is 0 Å². The molecule has 0 atom stereocenters.